The third kappa shape index (κ3) is 4.58. The molecule has 146 valence electrons. The van der Waals surface area contributed by atoms with Crippen LogP contribution in [0.25, 0.3) is 0 Å². The molecule has 1 heterocycles. The second-order valence-corrected chi connectivity index (χ2v) is 6.72. The number of carbonyl (C=O) groups excluding carboxylic acids is 4. The Kier molecular flexibility index (Phi) is 7.20. The van der Waals surface area contributed by atoms with Crippen LogP contribution in [0.15, 0.2) is 12.1 Å². The van der Waals surface area contributed by atoms with E-state index in [-0.39, 0.29) is 28.2 Å². The van der Waals surface area contributed by atoms with Gasteiger partial charge in [0.2, 0.25) is 0 Å². The quantitative estimate of drug-likeness (QED) is 0.209. The number of benzene rings is 1. The fraction of sp³-hybridized carbons (Fsp3) is 0.474. The van der Waals surface area contributed by atoms with Crippen LogP contribution < -0.4 is 11.6 Å². The third-order valence-corrected chi connectivity index (χ3v) is 4.74. The summed E-state index contributed by atoms with van der Waals surface area (Å²) in [5.74, 6) is 3.70. The predicted octanol–water partition coefficient (Wildman–Crippen LogP) is 1.34. The van der Waals surface area contributed by atoms with Crippen molar-refractivity contribution in [1.82, 2.24) is 9.91 Å². The third-order valence-electron chi connectivity index (χ3n) is 4.74. The Morgan fingerprint density at radius 2 is 1.59 bits per heavy atom. The molecule has 0 saturated carbocycles. The first-order valence-electron chi connectivity index (χ1n) is 9.14. The largest absolute Gasteiger partial charge is 0.342 e. The molecule has 0 spiro atoms. The van der Waals surface area contributed by atoms with Gasteiger partial charge >= 0.3 is 0 Å². The number of imide groups is 1. The van der Waals surface area contributed by atoms with E-state index in [2.05, 4.69) is 0 Å². The van der Waals surface area contributed by atoms with Crippen LogP contribution in [0.2, 0.25) is 0 Å². The Balaban J connectivity index is 2.02. The lowest BCUT2D eigenvalue weighted by Gasteiger charge is -2.18. The molecule has 8 heteroatoms. The number of nitrogens with zero attached hydrogens (tertiary/aromatic N) is 2. The number of hydrogen-bond acceptors (Lipinski definition) is 6. The van der Waals surface area contributed by atoms with Gasteiger partial charge in [-0.3, -0.25) is 19.2 Å². The SMILES string of the molecule is CN(CCCCCCCCN)C(=O)c1cc2c(cc1C=O)C(=O)N(N)C2=O. The van der Waals surface area contributed by atoms with Gasteiger partial charge in [0.1, 0.15) is 0 Å². The van der Waals surface area contributed by atoms with Gasteiger partial charge in [-0.25, -0.2) is 10.9 Å². The second kappa shape index (κ2) is 9.38. The molecule has 0 fully saturated rings. The monoisotopic (exact) mass is 374 g/mol. The molecule has 0 radical (unpaired) electrons. The van der Waals surface area contributed by atoms with Gasteiger partial charge in [-0.1, -0.05) is 25.7 Å². The van der Waals surface area contributed by atoms with Crippen LogP contribution in [-0.2, 0) is 0 Å². The molecule has 27 heavy (non-hydrogen) atoms. The van der Waals surface area contributed by atoms with Crippen molar-refractivity contribution in [3.05, 3.63) is 34.4 Å². The Morgan fingerprint density at radius 3 is 2.19 bits per heavy atom. The number of aldehydes is 1. The zero-order valence-corrected chi connectivity index (χ0v) is 15.6. The Labute approximate surface area is 158 Å². The maximum Gasteiger partial charge on any atom is 0.275 e. The summed E-state index contributed by atoms with van der Waals surface area (Å²) in [6.07, 6.45) is 6.72. The summed E-state index contributed by atoms with van der Waals surface area (Å²) in [4.78, 5) is 49.6. The van der Waals surface area contributed by atoms with Gasteiger partial charge < -0.3 is 10.6 Å². The van der Waals surface area contributed by atoms with Crippen LogP contribution in [0.5, 0.6) is 0 Å². The predicted molar refractivity (Wildman–Crippen MR) is 100 cm³/mol. The number of fused-ring (bicyclic) bond motifs is 1. The van der Waals surface area contributed by atoms with Crippen LogP contribution in [-0.4, -0.2) is 54.1 Å². The number of carbonyl (C=O) groups is 4. The van der Waals surface area contributed by atoms with Crippen molar-refractivity contribution in [2.75, 3.05) is 20.1 Å². The van der Waals surface area contributed by atoms with E-state index in [1.54, 1.807) is 7.05 Å². The van der Waals surface area contributed by atoms with E-state index in [0.29, 0.717) is 24.4 Å². The normalized spacial score (nSPS) is 13.1. The summed E-state index contributed by atoms with van der Waals surface area (Å²) in [6, 6.07) is 2.55. The first-order valence-corrected chi connectivity index (χ1v) is 9.14. The molecule has 0 bridgehead atoms. The highest BCUT2D eigenvalue weighted by atomic mass is 16.2. The Morgan fingerprint density at radius 1 is 1.04 bits per heavy atom. The number of nitrogens with two attached hydrogens (primary N) is 2. The van der Waals surface area contributed by atoms with E-state index in [1.807, 2.05) is 0 Å². The lowest BCUT2D eigenvalue weighted by Crippen LogP contribution is -2.36. The van der Waals surface area contributed by atoms with E-state index < -0.39 is 11.8 Å². The van der Waals surface area contributed by atoms with Crippen LogP contribution in [0.3, 0.4) is 0 Å². The van der Waals surface area contributed by atoms with Crippen molar-refractivity contribution >= 4 is 24.0 Å². The molecule has 1 aliphatic rings. The van der Waals surface area contributed by atoms with E-state index in [9.17, 15) is 19.2 Å². The molecule has 0 aliphatic carbocycles. The highest BCUT2D eigenvalue weighted by molar-refractivity contribution is 6.22. The second-order valence-electron chi connectivity index (χ2n) is 6.72. The molecular weight excluding hydrogens is 348 g/mol. The molecule has 0 unspecified atom stereocenters. The average molecular weight is 374 g/mol. The van der Waals surface area contributed by atoms with Crippen LogP contribution >= 0.6 is 0 Å². The summed E-state index contributed by atoms with van der Waals surface area (Å²) < 4.78 is 0. The molecule has 8 nitrogen and oxygen atoms in total. The number of rotatable bonds is 10. The smallest absolute Gasteiger partial charge is 0.275 e. The van der Waals surface area contributed by atoms with Crippen LogP contribution in [0.4, 0.5) is 0 Å². The fourth-order valence-corrected chi connectivity index (χ4v) is 3.11. The lowest BCUT2D eigenvalue weighted by atomic mass is 9.99. The summed E-state index contributed by atoms with van der Waals surface area (Å²) in [6.45, 7) is 1.26. The molecule has 0 saturated heterocycles. The van der Waals surface area contributed by atoms with Gasteiger partial charge in [0.05, 0.1) is 16.7 Å². The van der Waals surface area contributed by atoms with E-state index >= 15 is 0 Å². The highest BCUT2D eigenvalue weighted by Crippen LogP contribution is 2.25. The van der Waals surface area contributed by atoms with Gasteiger partial charge in [0.25, 0.3) is 17.7 Å². The van der Waals surface area contributed by atoms with Crippen LogP contribution in [0.1, 0.15) is 80.0 Å². The van der Waals surface area contributed by atoms with Crippen molar-refractivity contribution in [2.45, 2.75) is 38.5 Å². The van der Waals surface area contributed by atoms with Gasteiger partial charge in [0.15, 0.2) is 6.29 Å². The van der Waals surface area contributed by atoms with Crippen molar-refractivity contribution in [3.63, 3.8) is 0 Å². The van der Waals surface area contributed by atoms with Gasteiger partial charge in [0, 0.05) is 19.2 Å². The van der Waals surface area contributed by atoms with E-state index in [1.165, 1.54) is 17.0 Å². The molecular formula is C19H26N4O4. The average Bonchev–Trinajstić information content (AvgIpc) is 2.89. The highest BCUT2D eigenvalue weighted by Gasteiger charge is 2.35. The van der Waals surface area contributed by atoms with Gasteiger partial charge in [-0.2, -0.15) is 0 Å². The number of hydrogen-bond donors (Lipinski definition) is 2. The van der Waals surface area contributed by atoms with Crippen molar-refractivity contribution < 1.29 is 19.2 Å². The molecule has 4 N–H and O–H groups in total. The zero-order chi connectivity index (χ0) is 20.0. The summed E-state index contributed by atoms with van der Waals surface area (Å²) in [7, 11) is 1.65. The maximum absolute atomic E-state index is 12.7. The molecule has 0 aromatic heterocycles. The number of hydrazine groups is 1. The number of amides is 3. The molecule has 1 aromatic carbocycles. The summed E-state index contributed by atoms with van der Waals surface area (Å²) >= 11 is 0. The summed E-state index contributed by atoms with van der Waals surface area (Å²) in [5, 5.41) is 0.488. The first-order chi connectivity index (χ1) is 12.9. The molecule has 3 amide bonds. The molecule has 2 rings (SSSR count). The van der Waals surface area contributed by atoms with Crippen molar-refractivity contribution in [3.8, 4) is 0 Å². The lowest BCUT2D eigenvalue weighted by molar-refractivity contribution is 0.0653. The topological polar surface area (TPSA) is 127 Å². The maximum atomic E-state index is 12.7. The van der Waals surface area contributed by atoms with Gasteiger partial charge in [-0.05, 0) is 31.5 Å². The van der Waals surface area contributed by atoms with E-state index in [0.717, 1.165) is 38.5 Å². The van der Waals surface area contributed by atoms with Gasteiger partial charge in [-0.15, -0.1) is 0 Å². The molecule has 1 aromatic rings. The Bertz CT molecular complexity index is 747. The molecule has 1 aliphatic heterocycles. The minimum absolute atomic E-state index is 0.0429. The standard InChI is InChI=1S/C19H26N4O4/c1-22(9-7-5-3-2-4-6-8-20)17(25)14-11-16-15(10-13(14)12-24)18(26)23(21)19(16)27/h10-12H,2-9,20-21H2,1H3. The van der Waals surface area contributed by atoms with Crippen LogP contribution in [0, 0.1) is 0 Å². The van der Waals surface area contributed by atoms with Crippen molar-refractivity contribution in [2.24, 2.45) is 11.6 Å². The first kappa shape index (κ1) is 20.7. The number of unbranched alkanes of at least 4 members (excludes halogenated alkanes) is 5. The Hall–Kier alpha value is -2.58. The van der Waals surface area contributed by atoms with Crippen molar-refractivity contribution in [1.29, 1.82) is 0 Å². The minimum atomic E-state index is -0.680. The van der Waals surface area contributed by atoms with E-state index in [4.69, 9.17) is 11.6 Å². The summed E-state index contributed by atoms with van der Waals surface area (Å²) in [5.41, 5.74) is 5.73. The zero-order valence-electron chi connectivity index (χ0n) is 15.6. The minimum Gasteiger partial charge on any atom is -0.342 e. The molecule has 0 atom stereocenters. The fourth-order valence-electron chi connectivity index (χ4n) is 3.11.